The summed E-state index contributed by atoms with van der Waals surface area (Å²) in [6, 6.07) is 1.33. The summed E-state index contributed by atoms with van der Waals surface area (Å²) in [5.41, 5.74) is 0.815. The minimum absolute atomic E-state index is 0.408. The minimum atomic E-state index is 0.408. The largest absolute Gasteiger partial charge is 0.300 e. The molecule has 1 rings (SSSR count). The minimum Gasteiger partial charge on any atom is -0.300 e. The van der Waals surface area contributed by atoms with Gasteiger partial charge in [-0.3, -0.25) is 4.90 Å². The van der Waals surface area contributed by atoms with E-state index in [1.165, 1.54) is 0 Å². The van der Waals surface area contributed by atoms with E-state index in [4.69, 9.17) is 0 Å². The molecule has 0 aliphatic carbocycles. The molecule has 0 aromatic heterocycles. The zero-order chi connectivity index (χ0) is 11.3. The number of hydrogen-bond donors (Lipinski definition) is 0. The van der Waals surface area contributed by atoms with Crippen LogP contribution in [0.15, 0.2) is 0 Å². The molecule has 1 heteroatoms. The van der Waals surface area contributed by atoms with Crippen molar-refractivity contribution in [3.05, 3.63) is 0 Å². The Hall–Kier alpha value is -0.0400. The maximum Gasteiger partial charge on any atom is 0.0121 e. The fraction of sp³-hybridized carbons (Fsp3) is 1.00. The molecule has 2 unspecified atom stereocenters. The first-order chi connectivity index (χ1) is 6.13. The van der Waals surface area contributed by atoms with E-state index in [2.05, 4.69) is 60.4 Å². The van der Waals surface area contributed by atoms with E-state index in [0.717, 1.165) is 5.92 Å². The van der Waals surface area contributed by atoms with Gasteiger partial charge in [-0.1, -0.05) is 34.6 Å². The zero-order valence-corrected chi connectivity index (χ0v) is 11.2. The molecule has 0 aromatic carbocycles. The molecule has 0 aromatic rings. The Morgan fingerprint density at radius 1 is 0.786 bits per heavy atom. The lowest BCUT2D eigenvalue weighted by Gasteiger charge is -2.59. The van der Waals surface area contributed by atoms with Gasteiger partial charge in [-0.15, -0.1) is 0 Å². The van der Waals surface area contributed by atoms with Gasteiger partial charge in [0.05, 0.1) is 0 Å². The summed E-state index contributed by atoms with van der Waals surface area (Å²) in [4.78, 5) is 2.54. The highest BCUT2D eigenvalue weighted by atomic mass is 15.2. The molecule has 0 bridgehead atoms. The topological polar surface area (TPSA) is 3.24 Å². The third kappa shape index (κ3) is 1.41. The highest BCUT2D eigenvalue weighted by Crippen LogP contribution is 2.51. The smallest absolute Gasteiger partial charge is 0.0121 e. The van der Waals surface area contributed by atoms with Gasteiger partial charge in [0.2, 0.25) is 0 Å². The van der Waals surface area contributed by atoms with Crippen LogP contribution in [0.1, 0.15) is 48.5 Å². The van der Waals surface area contributed by atoms with Crippen LogP contribution in [0.3, 0.4) is 0 Å². The monoisotopic (exact) mass is 197 g/mol. The molecule has 1 saturated heterocycles. The van der Waals surface area contributed by atoms with Crippen LogP contribution in [0.4, 0.5) is 0 Å². The van der Waals surface area contributed by atoms with Crippen molar-refractivity contribution >= 4 is 0 Å². The van der Waals surface area contributed by atoms with E-state index in [9.17, 15) is 0 Å². The second-order valence-electron chi connectivity index (χ2n) is 6.38. The summed E-state index contributed by atoms with van der Waals surface area (Å²) in [7, 11) is 2.27. The number of hydrogen-bond acceptors (Lipinski definition) is 1. The molecule has 0 N–H and O–H groups in total. The summed E-state index contributed by atoms with van der Waals surface area (Å²) in [6.45, 7) is 16.8. The SMILES string of the molecule is CC1N(C)C(C)C(C)(C)C(C)C1(C)C. The highest BCUT2D eigenvalue weighted by Gasteiger charge is 2.50. The number of likely N-dealkylation sites (tertiary alicyclic amines) is 1. The molecule has 1 aliphatic rings. The number of nitrogens with zero attached hydrogens (tertiary/aromatic N) is 1. The van der Waals surface area contributed by atoms with Gasteiger partial charge in [0.1, 0.15) is 0 Å². The van der Waals surface area contributed by atoms with Gasteiger partial charge < -0.3 is 0 Å². The Morgan fingerprint density at radius 3 is 1.36 bits per heavy atom. The fourth-order valence-electron chi connectivity index (χ4n) is 3.07. The van der Waals surface area contributed by atoms with Gasteiger partial charge in [0.25, 0.3) is 0 Å². The van der Waals surface area contributed by atoms with Crippen LogP contribution in [0.2, 0.25) is 0 Å². The van der Waals surface area contributed by atoms with E-state index >= 15 is 0 Å². The Labute approximate surface area is 89.9 Å². The first-order valence-electron chi connectivity index (χ1n) is 5.85. The van der Waals surface area contributed by atoms with Crippen LogP contribution in [0.25, 0.3) is 0 Å². The molecular weight excluding hydrogens is 170 g/mol. The van der Waals surface area contributed by atoms with Crippen molar-refractivity contribution in [2.45, 2.75) is 60.5 Å². The van der Waals surface area contributed by atoms with Crippen LogP contribution < -0.4 is 0 Å². The van der Waals surface area contributed by atoms with E-state index in [0.29, 0.717) is 22.9 Å². The molecule has 0 amide bonds. The fourth-order valence-corrected chi connectivity index (χ4v) is 3.07. The predicted octanol–water partition coefficient (Wildman–Crippen LogP) is 3.40. The third-order valence-corrected chi connectivity index (χ3v) is 5.61. The quantitative estimate of drug-likeness (QED) is 0.575. The summed E-state index contributed by atoms with van der Waals surface area (Å²) < 4.78 is 0. The van der Waals surface area contributed by atoms with E-state index < -0.39 is 0 Å². The zero-order valence-electron chi connectivity index (χ0n) is 11.2. The average molecular weight is 197 g/mol. The van der Waals surface area contributed by atoms with Crippen LogP contribution in [-0.2, 0) is 0 Å². The molecular formula is C13H27N. The first kappa shape index (κ1) is 12.0. The van der Waals surface area contributed by atoms with Crippen molar-refractivity contribution in [1.82, 2.24) is 4.90 Å². The lowest BCUT2D eigenvalue weighted by atomic mass is 9.57. The van der Waals surface area contributed by atoms with Crippen LogP contribution in [0.5, 0.6) is 0 Å². The van der Waals surface area contributed by atoms with Crippen molar-refractivity contribution in [3.8, 4) is 0 Å². The maximum absolute atomic E-state index is 2.54. The lowest BCUT2D eigenvalue weighted by Crippen LogP contribution is -2.62. The summed E-state index contributed by atoms with van der Waals surface area (Å²) in [5.74, 6) is 0.760. The number of piperidine rings is 1. The van der Waals surface area contributed by atoms with Crippen molar-refractivity contribution < 1.29 is 0 Å². The van der Waals surface area contributed by atoms with Gasteiger partial charge in [0, 0.05) is 12.1 Å². The molecule has 1 nitrogen and oxygen atoms in total. The molecule has 1 heterocycles. The molecule has 2 atom stereocenters. The van der Waals surface area contributed by atoms with E-state index in [-0.39, 0.29) is 0 Å². The first-order valence-corrected chi connectivity index (χ1v) is 5.85. The highest BCUT2D eigenvalue weighted by molar-refractivity contribution is 5.02. The molecule has 1 fully saturated rings. The Kier molecular flexibility index (Phi) is 2.78. The molecule has 0 radical (unpaired) electrons. The standard InChI is InChI=1S/C13H27N/c1-9-12(4,5)10(2)14(8)11(3)13(9,6)7/h9-11H,1-8H3. The molecule has 14 heavy (non-hydrogen) atoms. The van der Waals surface area contributed by atoms with Crippen molar-refractivity contribution in [2.24, 2.45) is 16.7 Å². The normalized spacial score (nSPS) is 42.4. The van der Waals surface area contributed by atoms with Crippen molar-refractivity contribution in [3.63, 3.8) is 0 Å². The average Bonchev–Trinajstić information content (AvgIpc) is 2.11. The third-order valence-electron chi connectivity index (χ3n) is 5.61. The van der Waals surface area contributed by atoms with Crippen molar-refractivity contribution in [1.29, 1.82) is 0 Å². The Morgan fingerprint density at radius 2 is 1.07 bits per heavy atom. The molecule has 0 saturated carbocycles. The Bertz CT molecular complexity index is 195. The summed E-state index contributed by atoms with van der Waals surface area (Å²) >= 11 is 0. The van der Waals surface area contributed by atoms with E-state index in [1.54, 1.807) is 0 Å². The van der Waals surface area contributed by atoms with E-state index in [1.807, 2.05) is 0 Å². The van der Waals surface area contributed by atoms with Crippen LogP contribution in [0, 0.1) is 16.7 Å². The second kappa shape index (κ2) is 3.23. The van der Waals surface area contributed by atoms with Gasteiger partial charge >= 0.3 is 0 Å². The van der Waals surface area contributed by atoms with Gasteiger partial charge in [-0.05, 0) is 37.6 Å². The maximum atomic E-state index is 2.54. The van der Waals surface area contributed by atoms with Crippen LogP contribution >= 0.6 is 0 Å². The van der Waals surface area contributed by atoms with Gasteiger partial charge in [-0.25, -0.2) is 0 Å². The van der Waals surface area contributed by atoms with Crippen LogP contribution in [-0.4, -0.2) is 24.0 Å². The second-order valence-corrected chi connectivity index (χ2v) is 6.38. The summed E-state index contributed by atoms with van der Waals surface area (Å²) in [5, 5.41) is 0. The molecule has 84 valence electrons. The van der Waals surface area contributed by atoms with Gasteiger partial charge in [-0.2, -0.15) is 0 Å². The lowest BCUT2D eigenvalue weighted by molar-refractivity contribution is -0.101. The predicted molar refractivity (Wildman–Crippen MR) is 63.4 cm³/mol. The van der Waals surface area contributed by atoms with Crippen molar-refractivity contribution in [2.75, 3.05) is 7.05 Å². The Balaban J connectivity index is 3.09. The number of rotatable bonds is 0. The summed E-state index contributed by atoms with van der Waals surface area (Å²) in [6.07, 6.45) is 0. The van der Waals surface area contributed by atoms with Gasteiger partial charge in [0.15, 0.2) is 0 Å². The molecule has 0 spiro atoms. The molecule has 1 aliphatic heterocycles.